The van der Waals surface area contributed by atoms with Crippen LogP contribution in [0.4, 0.5) is 21.7 Å². The molecule has 1 N–H and O–H groups in total. The molecule has 3 aromatic rings. The highest BCUT2D eigenvalue weighted by Gasteiger charge is 2.29. The monoisotopic (exact) mass is 441 g/mol. The van der Waals surface area contributed by atoms with Crippen LogP contribution in [-0.4, -0.2) is 48.9 Å². The van der Waals surface area contributed by atoms with Crippen molar-refractivity contribution in [2.75, 3.05) is 36.4 Å². The number of anilines is 3. The summed E-state index contributed by atoms with van der Waals surface area (Å²) in [7, 11) is -3.73. The van der Waals surface area contributed by atoms with E-state index in [0.717, 1.165) is 17.6 Å². The van der Waals surface area contributed by atoms with Crippen LogP contribution in [0.1, 0.15) is 11.4 Å². The van der Waals surface area contributed by atoms with Crippen LogP contribution < -0.4 is 10.2 Å². The highest BCUT2D eigenvalue weighted by atomic mass is 32.2. The molecule has 4 rings (SSSR count). The number of nitrogens with one attached hydrogen (secondary N) is 1. The second kappa shape index (κ2) is 8.60. The highest BCUT2D eigenvalue weighted by Crippen LogP contribution is 2.23. The van der Waals surface area contributed by atoms with E-state index < -0.39 is 15.8 Å². The van der Waals surface area contributed by atoms with E-state index >= 15 is 0 Å². The number of hydrogen-bond acceptors (Lipinski definition) is 6. The van der Waals surface area contributed by atoms with Gasteiger partial charge in [-0.25, -0.2) is 22.8 Å². The molecule has 0 radical (unpaired) electrons. The van der Waals surface area contributed by atoms with Gasteiger partial charge in [0.1, 0.15) is 23.3 Å². The normalized spacial score (nSPS) is 15.1. The third-order valence-electron chi connectivity index (χ3n) is 5.14. The van der Waals surface area contributed by atoms with Crippen LogP contribution in [0.25, 0.3) is 0 Å². The van der Waals surface area contributed by atoms with Gasteiger partial charge in [0.2, 0.25) is 10.0 Å². The van der Waals surface area contributed by atoms with Gasteiger partial charge in [0, 0.05) is 37.9 Å². The molecule has 0 amide bonds. The van der Waals surface area contributed by atoms with Gasteiger partial charge in [0.05, 0.1) is 4.90 Å². The zero-order valence-corrected chi connectivity index (χ0v) is 18.2. The molecule has 1 saturated heterocycles. The molecule has 162 valence electrons. The predicted molar refractivity (Wildman–Crippen MR) is 119 cm³/mol. The molecule has 0 unspecified atom stereocenters. The molecular formula is C22H24FN5O2S. The number of hydrogen-bond donors (Lipinski definition) is 1. The summed E-state index contributed by atoms with van der Waals surface area (Å²) in [6, 6.07) is 15.0. The van der Waals surface area contributed by atoms with E-state index in [2.05, 4.69) is 15.3 Å². The molecule has 0 bridgehead atoms. The number of piperazine rings is 1. The molecule has 1 fully saturated rings. The van der Waals surface area contributed by atoms with Crippen molar-refractivity contribution < 1.29 is 12.8 Å². The second-order valence-electron chi connectivity index (χ2n) is 7.50. The Morgan fingerprint density at radius 3 is 2.32 bits per heavy atom. The van der Waals surface area contributed by atoms with Crippen molar-refractivity contribution in [2.24, 2.45) is 0 Å². The summed E-state index contributed by atoms with van der Waals surface area (Å²) in [6.07, 6.45) is 0. The maximum Gasteiger partial charge on any atom is 0.243 e. The summed E-state index contributed by atoms with van der Waals surface area (Å²) in [5.41, 5.74) is 2.11. The van der Waals surface area contributed by atoms with Crippen LogP contribution in [0, 0.1) is 19.7 Å². The maximum absolute atomic E-state index is 13.5. The zero-order chi connectivity index (χ0) is 22.0. The molecule has 0 atom stereocenters. The number of sulfonamides is 1. The predicted octanol–water partition coefficient (Wildman–Crippen LogP) is 3.49. The average molecular weight is 442 g/mol. The minimum atomic E-state index is -3.73. The topological polar surface area (TPSA) is 78.4 Å². The van der Waals surface area contributed by atoms with Crippen LogP contribution >= 0.6 is 0 Å². The first-order chi connectivity index (χ1) is 14.8. The Bertz CT molecular complexity index is 1180. The fraction of sp³-hybridized carbons (Fsp3) is 0.273. The lowest BCUT2D eigenvalue weighted by Gasteiger charge is -2.34. The van der Waals surface area contributed by atoms with E-state index in [9.17, 15) is 12.8 Å². The number of benzene rings is 2. The quantitative estimate of drug-likeness (QED) is 0.653. The molecule has 2 aromatic carbocycles. The standard InChI is InChI=1S/C22H24FN5O2S/c1-16-6-8-19(9-7-16)26-21-15-22(25-17(2)24-21)27-10-12-28(13-11-27)31(29,30)20-5-3-4-18(23)14-20/h3-9,14-15H,10-13H2,1-2H3,(H,24,25,26). The molecule has 0 saturated carbocycles. The van der Waals surface area contributed by atoms with Crippen molar-refractivity contribution in [3.05, 3.63) is 71.8 Å². The van der Waals surface area contributed by atoms with Crippen molar-refractivity contribution in [1.29, 1.82) is 0 Å². The second-order valence-corrected chi connectivity index (χ2v) is 9.44. The van der Waals surface area contributed by atoms with Gasteiger partial charge in [0.15, 0.2) is 0 Å². The summed E-state index contributed by atoms with van der Waals surface area (Å²) in [5, 5.41) is 3.29. The van der Waals surface area contributed by atoms with Crippen LogP contribution in [0.15, 0.2) is 59.5 Å². The third kappa shape index (κ3) is 4.83. The van der Waals surface area contributed by atoms with Crippen molar-refractivity contribution in [3.63, 3.8) is 0 Å². The lowest BCUT2D eigenvalue weighted by molar-refractivity contribution is 0.383. The highest BCUT2D eigenvalue weighted by molar-refractivity contribution is 7.89. The van der Waals surface area contributed by atoms with E-state index in [0.29, 0.717) is 37.8 Å². The summed E-state index contributed by atoms with van der Waals surface area (Å²) in [4.78, 5) is 11.0. The fourth-order valence-electron chi connectivity index (χ4n) is 3.50. The van der Waals surface area contributed by atoms with Crippen molar-refractivity contribution in [3.8, 4) is 0 Å². The Morgan fingerprint density at radius 2 is 1.65 bits per heavy atom. The van der Waals surface area contributed by atoms with E-state index in [1.165, 1.54) is 28.1 Å². The van der Waals surface area contributed by atoms with Gasteiger partial charge in [-0.3, -0.25) is 0 Å². The number of aromatic nitrogens is 2. The Morgan fingerprint density at radius 1 is 0.935 bits per heavy atom. The largest absolute Gasteiger partial charge is 0.354 e. The summed E-state index contributed by atoms with van der Waals surface area (Å²) < 4.78 is 40.5. The Labute approximate surface area is 181 Å². The van der Waals surface area contributed by atoms with Crippen molar-refractivity contribution in [2.45, 2.75) is 18.7 Å². The smallest absolute Gasteiger partial charge is 0.243 e. The molecule has 0 aliphatic carbocycles. The number of rotatable bonds is 5. The third-order valence-corrected chi connectivity index (χ3v) is 7.04. The van der Waals surface area contributed by atoms with Crippen LogP contribution in [-0.2, 0) is 10.0 Å². The van der Waals surface area contributed by atoms with Gasteiger partial charge in [-0.05, 0) is 44.2 Å². The first kappa shape index (κ1) is 21.2. The first-order valence-corrected chi connectivity index (χ1v) is 11.5. The molecule has 2 heterocycles. The van der Waals surface area contributed by atoms with Crippen LogP contribution in [0.3, 0.4) is 0 Å². The number of nitrogens with zero attached hydrogens (tertiary/aromatic N) is 4. The lowest BCUT2D eigenvalue weighted by atomic mass is 10.2. The van der Waals surface area contributed by atoms with Gasteiger partial charge >= 0.3 is 0 Å². The summed E-state index contributed by atoms with van der Waals surface area (Å²) >= 11 is 0. The van der Waals surface area contributed by atoms with E-state index in [1.807, 2.05) is 49.1 Å². The summed E-state index contributed by atoms with van der Waals surface area (Å²) in [5.74, 6) is 1.48. The average Bonchev–Trinajstić information content (AvgIpc) is 2.75. The van der Waals surface area contributed by atoms with Crippen molar-refractivity contribution >= 4 is 27.3 Å². The Balaban J connectivity index is 1.47. The van der Waals surface area contributed by atoms with E-state index in [4.69, 9.17) is 0 Å². The molecule has 1 aliphatic heterocycles. The van der Waals surface area contributed by atoms with Gasteiger partial charge in [0.25, 0.3) is 0 Å². The Kier molecular flexibility index (Phi) is 5.88. The SMILES string of the molecule is Cc1ccc(Nc2cc(N3CCN(S(=O)(=O)c4cccc(F)c4)CC3)nc(C)n2)cc1. The minimum absolute atomic E-state index is 0.0246. The van der Waals surface area contributed by atoms with E-state index in [1.54, 1.807) is 0 Å². The number of aryl methyl sites for hydroxylation is 2. The molecule has 1 aliphatic rings. The molecule has 7 nitrogen and oxygen atoms in total. The molecule has 1 aromatic heterocycles. The van der Waals surface area contributed by atoms with Gasteiger partial charge in [-0.2, -0.15) is 4.31 Å². The molecule has 9 heteroatoms. The van der Waals surface area contributed by atoms with Crippen LogP contribution in [0.2, 0.25) is 0 Å². The molecule has 0 spiro atoms. The summed E-state index contributed by atoms with van der Waals surface area (Å²) in [6.45, 7) is 5.41. The zero-order valence-electron chi connectivity index (χ0n) is 17.4. The lowest BCUT2D eigenvalue weighted by Crippen LogP contribution is -2.49. The minimum Gasteiger partial charge on any atom is -0.354 e. The molecular weight excluding hydrogens is 417 g/mol. The molecule has 31 heavy (non-hydrogen) atoms. The number of halogens is 1. The van der Waals surface area contributed by atoms with Gasteiger partial charge in [-0.1, -0.05) is 23.8 Å². The van der Waals surface area contributed by atoms with Gasteiger partial charge < -0.3 is 10.2 Å². The fourth-order valence-corrected chi connectivity index (χ4v) is 4.95. The van der Waals surface area contributed by atoms with Crippen LogP contribution in [0.5, 0.6) is 0 Å². The van der Waals surface area contributed by atoms with Crippen molar-refractivity contribution in [1.82, 2.24) is 14.3 Å². The first-order valence-electron chi connectivity index (χ1n) is 10.0. The van der Waals surface area contributed by atoms with Gasteiger partial charge in [-0.15, -0.1) is 0 Å². The maximum atomic E-state index is 13.5. The van der Waals surface area contributed by atoms with E-state index in [-0.39, 0.29) is 4.90 Å². The Hall–Kier alpha value is -3.04.